The average molecular weight is 293 g/mol. The minimum atomic E-state index is -1.22. The molecule has 0 radical (unpaired) electrons. The van der Waals surface area contributed by atoms with Gasteiger partial charge in [0.05, 0.1) is 22.3 Å². The summed E-state index contributed by atoms with van der Waals surface area (Å²) in [4.78, 5) is 4.16. The topological polar surface area (TPSA) is 73.0 Å². The monoisotopic (exact) mass is 293 g/mol. The van der Waals surface area contributed by atoms with Crippen LogP contribution < -0.4 is 0 Å². The molecule has 0 aliphatic rings. The Balaban J connectivity index is 3.08. The van der Waals surface area contributed by atoms with E-state index in [0.717, 1.165) is 5.57 Å². The molecule has 0 aromatic heterocycles. The summed E-state index contributed by atoms with van der Waals surface area (Å²) in [5.74, 6) is 2.17. The van der Waals surface area contributed by atoms with Crippen molar-refractivity contribution in [3.63, 3.8) is 0 Å². The molecular weight excluding hydrogens is 276 g/mol. The van der Waals surface area contributed by atoms with E-state index < -0.39 is 16.7 Å². The van der Waals surface area contributed by atoms with E-state index in [9.17, 15) is 9.32 Å². The molecule has 0 fully saturated rings. The van der Waals surface area contributed by atoms with Crippen molar-refractivity contribution in [2.24, 2.45) is 5.11 Å². The van der Waals surface area contributed by atoms with Crippen molar-refractivity contribution in [3.05, 3.63) is 42.4 Å². The lowest BCUT2D eigenvalue weighted by Gasteiger charge is -2.01. The van der Waals surface area contributed by atoms with Crippen molar-refractivity contribution in [2.45, 2.75) is 18.7 Å². The van der Waals surface area contributed by atoms with Crippen molar-refractivity contribution in [1.82, 2.24) is 0 Å². The second kappa shape index (κ2) is 8.12. The van der Waals surface area contributed by atoms with E-state index in [-0.39, 0.29) is 0 Å². The second-order valence-corrected chi connectivity index (χ2v) is 5.38. The molecule has 0 saturated heterocycles. The number of ether oxygens (including phenoxy) is 1. The molecule has 0 aliphatic carbocycles. The molecule has 1 atom stereocenters. The van der Waals surface area contributed by atoms with Crippen LogP contribution >= 0.6 is 0 Å². The highest BCUT2D eigenvalue weighted by atomic mass is 32.2. The van der Waals surface area contributed by atoms with E-state index in [4.69, 9.17) is 4.74 Å². The van der Waals surface area contributed by atoms with Gasteiger partial charge in [0, 0.05) is 5.75 Å². The third kappa shape index (κ3) is 5.24. The fourth-order valence-electron chi connectivity index (χ4n) is 1.32. The van der Waals surface area contributed by atoms with Gasteiger partial charge in [0.2, 0.25) is 0 Å². The normalized spacial score (nSPS) is 10.9. The van der Waals surface area contributed by atoms with Gasteiger partial charge in [0.15, 0.2) is 5.69 Å². The van der Waals surface area contributed by atoms with Crippen molar-refractivity contribution in [2.75, 3.05) is 12.4 Å². The summed E-state index contributed by atoms with van der Waals surface area (Å²) in [5.41, 5.74) is 1.29. The van der Waals surface area contributed by atoms with E-state index in [0.29, 0.717) is 22.9 Å². The van der Waals surface area contributed by atoms with Gasteiger partial charge in [-0.15, -0.1) is 0 Å². The predicted molar refractivity (Wildman–Crippen MR) is 77.7 cm³/mol. The van der Waals surface area contributed by atoms with E-state index in [2.05, 4.69) is 22.4 Å². The Morgan fingerprint density at radius 3 is 2.90 bits per heavy atom. The van der Waals surface area contributed by atoms with Gasteiger partial charge in [-0.05, 0) is 26.0 Å². The quantitative estimate of drug-likeness (QED) is 0.288. The Kier molecular flexibility index (Phi) is 6.47. The van der Waals surface area contributed by atoms with Gasteiger partial charge in [0.1, 0.15) is 9.90 Å². The number of hydrogen-bond acceptors (Lipinski definition) is 4. The number of hydrogen-bond donors (Lipinski definition) is 1. The summed E-state index contributed by atoms with van der Waals surface area (Å²) in [6, 6.07) is 6.96. The highest BCUT2D eigenvalue weighted by molar-refractivity contribution is 7.85. The molecule has 1 aromatic rings. The molecule has 0 bridgehead atoms. The maximum Gasteiger partial charge on any atom is 0.441 e. The molecule has 1 unspecified atom stereocenters. The van der Waals surface area contributed by atoms with Gasteiger partial charge in [-0.25, -0.2) is 0 Å². The maximum atomic E-state index is 12.1. The number of benzene rings is 1. The number of rotatable bonds is 6. The van der Waals surface area contributed by atoms with Crippen LogP contribution in [-0.2, 0) is 15.5 Å². The molecular formula is C14H17N2O3S+. The second-order valence-electron chi connectivity index (χ2n) is 3.96. The largest absolute Gasteiger partial charge is 0.470 e. The van der Waals surface area contributed by atoms with Crippen LogP contribution in [0, 0.1) is 0 Å². The molecule has 20 heavy (non-hydrogen) atoms. The number of aliphatic hydroxyl groups is 1. The first-order chi connectivity index (χ1) is 9.54. The van der Waals surface area contributed by atoms with E-state index in [1.54, 1.807) is 31.2 Å². The van der Waals surface area contributed by atoms with Crippen LogP contribution in [0.5, 0.6) is 0 Å². The smallest absolute Gasteiger partial charge is 0.441 e. The third-order valence-electron chi connectivity index (χ3n) is 2.07. The Morgan fingerprint density at radius 1 is 1.55 bits per heavy atom. The molecule has 1 aromatic carbocycles. The summed E-state index contributed by atoms with van der Waals surface area (Å²) in [6.07, 6.45) is 0. The van der Waals surface area contributed by atoms with E-state index in [1.165, 1.54) is 0 Å². The SMILES string of the molecule is C=C(C)CS(=O)c1ccccc1N=[N+]=C=C(O)OCC. The van der Waals surface area contributed by atoms with Crippen molar-refractivity contribution < 1.29 is 18.8 Å². The fourth-order valence-corrected chi connectivity index (χ4v) is 2.50. The van der Waals surface area contributed by atoms with Gasteiger partial charge in [-0.3, -0.25) is 4.21 Å². The van der Waals surface area contributed by atoms with Crippen molar-refractivity contribution in [3.8, 4) is 0 Å². The Morgan fingerprint density at radius 2 is 2.25 bits per heavy atom. The zero-order chi connectivity index (χ0) is 15.0. The molecule has 5 nitrogen and oxygen atoms in total. The molecule has 1 N–H and O–H groups in total. The summed E-state index contributed by atoms with van der Waals surface area (Å²) in [5, 5.41) is 13.1. The molecule has 0 aliphatic heterocycles. The van der Waals surface area contributed by atoms with Crippen molar-refractivity contribution in [1.29, 1.82) is 0 Å². The Labute approximate surface area is 120 Å². The van der Waals surface area contributed by atoms with Crippen LogP contribution in [0.1, 0.15) is 13.8 Å². The van der Waals surface area contributed by atoms with Crippen LogP contribution in [0.15, 0.2) is 52.4 Å². The summed E-state index contributed by atoms with van der Waals surface area (Å²) >= 11 is 0. The fraction of sp³-hybridized carbons (Fsp3) is 0.286. The van der Waals surface area contributed by atoms with Crippen LogP contribution in [0.4, 0.5) is 5.69 Å². The lowest BCUT2D eigenvalue weighted by atomic mass is 10.3. The summed E-state index contributed by atoms with van der Waals surface area (Å²) in [7, 11) is -1.22. The lowest BCUT2D eigenvalue weighted by Crippen LogP contribution is -1.98. The number of aliphatic hydroxyl groups excluding tert-OH is 1. The maximum absolute atomic E-state index is 12.1. The van der Waals surface area contributed by atoms with Gasteiger partial charge >= 0.3 is 11.8 Å². The summed E-state index contributed by atoms with van der Waals surface area (Å²) in [6.45, 7) is 7.60. The lowest BCUT2D eigenvalue weighted by molar-refractivity contribution is -0.0719. The van der Waals surface area contributed by atoms with Gasteiger partial charge in [0.25, 0.3) is 0 Å². The molecule has 0 spiro atoms. The zero-order valence-corrected chi connectivity index (χ0v) is 12.3. The Bertz CT molecular complexity index is 613. The Hall–Kier alpha value is -2.13. The van der Waals surface area contributed by atoms with Gasteiger partial charge in [-0.1, -0.05) is 24.3 Å². The molecule has 1 rings (SSSR count). The molecule has 6 heteroatoms. The molecule has 106 valence electrons. The molecule has 0 saturated carbocycles. The van der Waals surface area contributed by atoms with E-state index >= 15 is 0 Å². The van der Waals surface area contributed by atoms with Crippen molar-refractivity contribution >= 4 is 22.4 Å². The average Bonchev–Trinajstić information content (AvgIpc) is 2.38. The first kappa shape index (κ1) is 15.9. The first-order valence-electron chi connectivity index (χ1n) is 6.01. The molecule has 0 heterocycles. The van der Waals surface area contributed by atoms with Gasteiger partial charge in [-0.2, -0.15) is 0 Å². The number of nitrogens with zero attached hydrogens (tertiary/aromatic N) is 2. The molecule has 0 amide bonds. The highest BCUT2D eigenvalue weighted by Gasteiger charge is 2.11. The van der Waals surface area contributed by atoms with Crippen LogP contribution in [0.2, 0.25) is 0 Å². The minimum Gasteiger partial charge on any atom is -0.470 e. The van der Waals surface area contributed by atoms with Crippen LogP contribution in [0.25, 0.3) is 0 Å². The third-order valence-corrected chi connectivity index (χ3v) is 3.66. The van der Waals surface area contributed by atoms with Crippen LogP contribution in [-0.4, -0.2) is 32.3 Å². The van der Waals surface area contributed by atoms with Crippen LogP contribution in [0.3, 0.4) is 0 Å². The van der Waals surface area contributed by atoms with E-state index in [1.807, 2.05) is 6.92 Å². The standard InChI is InChI=1S/C14H16N2O3S/c1-4-19-14(17)9-15-16-12-7-5-6-8-13(12)20(18)10-11(2)3/h5-8H,2,4,10H2,1,3H3/p+1. The first-order valence-corrected chi connectivity index (χ1v) is 7.33. The predicted octanol–water partition coefficient (Wildman–Crippen LogP) is 2.77. The van der Waals surface area contributed by atoms with Gasteiger partial charge < -0.3 is 9.84 Å². The minimum absolute atomic E-state index is 0.313. The summed E-state index contributed by atoms with van der Waals surface area (Å²) < 4.78 is 16.9. The highest BCUT2D eigenvalue weighted by Crippen LogP contribution is 2.22. The zero-order valence-electron chi connectivity index (χ0n) is 11.5.